The van der Waals surface area contributed by atoms with Crippen molar-refractivity contribution in [1.82, 2.24) is 10.2 Å². The lowest BCUT2D eigenvalue weighted by atomic mass is 9.82. The van der Waals surface area contributed by atoms with E-state index in [0.29, 0.717) is 18.4 Å². The Morgan fingerprint density at radius 3 is 2.71 bits per heavy atom. The molecule has 2 N–H and O–H groups in total. The van der Waals surface area contributed by atoms with Gasteiger partial charge in [-0.3, -0.25) is 0 Å². The van der Waals surface area contributed by atoms with Gasteiger partial charge in [-0.1, -0.05) is 12.1 Å². The van der Waals surface area contributed by atoms with Crippen LogP contribution in [0.15, 0.2) is 42.6 Å². The van der Waals surface area contributed by atoms with Crippen LogP contribution in [-0.4, -0.2) is 42.0 Å². The maximum Gasteiger partial charge on any atom is 0.151 e. The molecule has 2 aromatic rings. The Morgan fingerprint density at radius 1 is 1.11 bits per heavy atom. The van der Waals surface area contributed by atoms with Gasteiger partial charge in [0.1, 0.15) is 5.82 Å². The van der Waals surface area contributed by atoms with Crippen LogP contribution in [0, 0.1) is 11.7 Å². The Morgan fingerprint density at radius 2 is 1.96 bits per heavy atom. The average Bonchev–Trinajstić information content (AvgIpc) is 2.74. The van der Waals surface area contributed by atoms with Gasteiger partial charge in [0, 0.05) is 31.2 Å². The van der Waals surface area contributed by atoms with Crippen molar-refractivity contribution in [1.29, 1.82) is 0 Å². The number of halogens is 1. The minimum absolute atomic E-state index is 0.144. The highest BCUT2D eigenvalue weighted by Gasteiger charge is 2.30. The molecule has 0 bridgehead atoms. The fourth-order valence-electron chi connectivity index (χ4n) is 4.48. The second-order valence-electron chi connectivity index (χ2n) is 8.10. The molecule has 0 spiro atoms. The van der Waals surface area contributed by atoms with Crippen molar-refractivity contribution in [2.75, 3.05) is 24.6 Å². The quantitative estimate of drug-likeness (QED) is 0.855. The second kappa shape index (κ2) is 8.97. The zero-order valence-corrected chi connectivity index (χ0v) is 16.2. The molecule has 1 saturated carbocycles. The number of aromatic nitrogens is 2. The molecule has 28 heavy (non-hydrogen) atoms. The van der Waals surface area contributed by atoms with Crippen molar-refractivity contribution >= 4 is 5.82 Å². The van der Waals surface area contributed by atoms with Crippen LogP contribution in [0.25, 0.3) is 0 Å². The molecular formula is C22H29FN4O. The SMILES string of the molecule is N[C@H]1CCN(c2cccnn2)CC1COC1CCC(c2cccc(F)c2)CC1. The normalized spacial score (nSPS) is 28.3. The molecule has 1 aliphatic heterocycles. The van der Waals surface area contributed by atoms with E-state index in [9.17, 15) is 4.39 Å². The molecule has 4 rings (SSSR count). The highest BCUT2D eigenvalue weighted by molar-refractivity contribution is 5.37. The molecule has 2 aliphatic rings. The topological polar surface area (TPSA) is 64.3 Å². The molecule has 1 saturated heterocycles. The van der Waals surface area contributed by atoms with E-state index in [1.807, 2.05) is 18.2 Å². The summed E-state index contributed by atoms with van der Waals surface area (Å²) in [5, 5.41) is 8.21. The smallest absolute Gasteiger partial charge is 0.151 e. The van der Waals surface area contributed by atoms with Gasteiger partial charge < -0.3 is 15.4 Å². The number of anilines is 1. The Labute approximate surface area is 166 Å². The van der Waals surface area contributed by atoms with Gasteiger partial charge in [0.05, 0.1) is 12.7 Å². The van der Waals surface area contributed by atoms with Crippen molar-refractivity contribution in [2.45, 2.75) is 50.2 Å². The molecule has 2 fully saturated rings. The van der Waals surface area contributed by atoms with Crippen LogP contribution in [0.3, 0.4) is 0 Å². The number of ether oxygens (including phenoxy) is 1. The monoisotopic (exact) mass is 384 g/mol. The van der Waals surface area contributed by atoms with Gasteiger partial charge in [-0.05, 0) is 67.9 Å². The summed E-state index contributed by atoms with van der Waals surface area (Å²) >= 11 is 0. The number of hydrogen-bond donors (Lipinski definition) is 1. The van der Waals surface area contributed by atoms with E-state index in [-0.39, 0.29) is 18.0 Å². The lowest BCUT2D eigenvalue weighted by Crippen LogP contribution is -2.49. The maximum atomic E-state index is 13.5. The van der Waals surface area contributed by atoms with Gasteiger partial charge in [0.2, 0.25) is 0 Å². The van der Waals surface area contributed by atoms with Crippen molar-refractivity contribution < 1.29 is 9.13 Å². The van der Waals surface area contributed by atoms with E-state index >= 15 is 0 Å². The molecule has 6 heteroatoms. The predicted molar refractivity (Wildman–Crippen MR) is 108 cm³/mol. The largest absolute Gasteiger partial charge is 0.378 e. The molecule has 5 nitrogen and oxygen atoms in total. The summed E-state index contributed by atoms with van der Waals surface area (Å²) in [7, 11) is 0. The fourth-order valence-corrected chi connectivity index (χ4v) is 4.48. The van der Waals surface area contributed by atoms with E-state index in [0.717, 1.165) is 56.6 Å². The lowest BCUT2D eigenvalue weighted by Gasteiger charge is -2.38. The average molecular weight is 384 g/mol. The van der Waals surface area contributed by atoms with E-state index < -0.39 is 0 Å². The van der Waals surface area contributed by atoms with Crippen molar-refractivity contribution in [3.63, 3.8) is 0 Å². The Hall–Kier alpha value is -2.05. The summed E-state index contributed by atoms with van der Waals surface area (Å²) < 4.78 is 19.7. The number of hydrogen-bond acceptors (Lipinski definition) is 5. The van der Waals surface area contributed by atoms with Gasteiger partial charge in [-0.15, -0.1) is 5.10 Å². The number of piperidine rings is 1. The Balaban J connectivity index is 1.26. The van der Waals surface area contributed by atoms with Crippen LogP contribution >= 0.6 is 0 Å². The van der Waals surface area contributed by atoms with E-state index in [4.69, 9.17) is 10.5 Å². The van der Waals surface area contributed by atoms with E-state index in [2.05, 4.69) is 15.1 Å². The minimum atomic E-state index is -0.144. The second-order valence-corrected chi connectivity index (χ2v) is 8.10. The summed E-state index contributed by atoms with van der Waals surface area (Å²) in [6.07, 6.45) is 7.07. The first-order valence-corrected chi connectivity index (χ1v) is 10.3. The highest BCUT2D eigenvalue weighted by Crippen LogP contribution is 2.34. The molecule has 150 valence electrons. The molecular weight excluding hydrogens is 355 g/mol. The zero-order valence-electron chi connectivity index (χ0n) is 16.2. The van der Waals surface area contributed by atoms with Gasteiger partial charge in [-0.25, -0.2) is 4.39 Å². The van der Waals surface area contributed by atoms with Crippen LogP contribution in [-0.2, 0) is 4.74 Å². The van der Waals surface area contributed by atoms with Crippen molar-refractivity contribution in [2.24, 2.45) is 11.7 Å². The summed E-state index contributed by atoms with van der Waals surface area (Å²) in [6, 6.07) is 11.1. The lowest BCUT2D eigenvalue weighted by molar-refractivity contribution is -0.00103. The molecule has 1 aliphatic carbocycles. The van der Waals surface area contributed by atoms with Gasteiger partial charge in [-0.2, -0.15) is 5.10 Å². The molecule has 2 atom stereocenters. The molecule has 1 aromatic carbocycles. The van der Waals surface area contributed by atoms with E-state index in [1.165, 1.54) is 6.07 Å². The van der Waals surface area contributed by atoms with Gasteiger partial charge >= 0.3 is 0 Å². The molecule has 1 unspecified atom stereocenters. The first kappa shape index (κ1) is 19.3. The minimum Gasteiger partial charge on any atom is -0.378 e. The summed E-state index contributed by atoms with van der Waals surface area (Å²) in [5.41, 5.74) is 7.49. The highest BCUT2D eigenvalue weighted by atomic mass is 19.1. The Bertz CT molecular complexity index is 751. The Kier molecular flexibility index (Phi) is 6.17. The summed E-state index contributed by atoms with van der Waals surface area (Å²) in [5.74, 6) is 1.51. The first-order chi connectivity index (χ1) is 13.7. The third kappa shape index (κ3) is 4.67. The zero-order chi connectivity index (χ0) is 19.3. The summed E-state index contributed by atoms with van der Waals surface area (Å²) in [6.45, 7) is 2.46. The third-order valence-electron chi connectivity index (χ3n) is 6.22. The van der Waals surface area contributed by atoms with Crippen LogP contribution in [0.4, 0.5) is 10.2 Å². The molecule has 0 radical (unpaired) electrons. The molecule has 0 amide bonds. The summed E-state index contributed by atoms with van der Waals surface area (Å²) in [4.78, 5) is 2.26. The van der Waals surface area contributed by atoms with Gasteiger partial charge in [0.15, 0.2) is 5.82 Å². The van der Waals surface area contributed by atoms with Crippen molar-refractivity contribution in [3.05, 3.63) is 54.0 Å². The standard InChI is InChI=1S/C22H29FN4O/c23-19-4-1-3-17(13-19)16-6-8-20(9-7-16)28-15-18-14-27(12-10-21(18)24)22-5-2-11-25-26-22/h1-5,11,13,16,18,20-21H,6-10,12,14-15,24H2/t16?,18?,20?,21-/m0/s1. The van der Waals surface area contributed by atoms with Crippen molar-refractivity contribution in [3.8, 4) is 0 Å². The van der Waals surface area contributed by atoms with Crippen LogP contribution in [0.1, 0.15) is 43.6 Å². The fraction of sp³-hybridized carbons (Fsp3) is 0.545. The molecule has 1 aromatic heterocycles. The van der Waals surface area contributed by atoms with E-state index in [1.54, 1.807) is 18.3 Å². The van der Waals surface area contributed by atoms with Crippen LogP contribution in [0.2, 0.25) is 0 Å². The maximum absolute atomic E-state index is 13.5. The van der Waals surface area contributed by atoms with Crippen LogP contribution in [0.5, 0.6) is 0 Å². The predicted octanol–water partition coefficient (Wildman–Crippen LogP) is 3.51. The first-order valence-electron chi connectivity index (χ1n) is 10.3. The number of nitrogens with zero attached hydrogens (tertiary/aromatic N) is 3. The van der Waals surface area contributed by atoms with Gasteiger partial charge in [0.25, 0.3) is 0 Å². The van der Waals surface area contributed by atoms with Crippen LogP contribution < -0.4 is 10.6 Å². The third-order valence-corrected chi connectivity index (χ3v) is 6.22. The number of nitrogens with two attached hydrogens (primary N) is 1. The number of rotatable bonds is 5. The molecule has 2 heterocycles. The number of benzene rings is 1.